The van der Waals surface area contributed by atoms with Crippen LogP contribution in [0.4, 0.5) is 0 Å². The summed E-state index contributed by atoms with van der Waals surface area (Å²) in [5.74, 6) is 0.994. The Bertz CT molecular complexity index is 311. The van der Waals surface area contributed by atoms with Crippen molar-refractivity contribution in [3.05, 3.63) is 17.5 Å². The Hall–Kier alpha value is -0.970. The van der Waals surface area contributed by atoms with Crippen molar-refractivity contribution in [3.8, 4) is 0 Å². The summed E-state index contributed by atoms with van der Waals surface area (Å²) < 4.78 is 4.99. The summed E-state index contributed by atoms with van der Waals surface area (Å²) in [4.78, 5) is 10.5. The van der Waals surface area contributed by atoms with Crippen molar-refractivity contribution < 1.29 is 14.4 Å². The van der Waals surface area contributed by atoms with Crippen molar-refractivity contribution in [1.29, 1.82) is 0 Å². The maximum Gasteiger partial charge on any atom is 0.307 e. The van der Waals surface area contributed by atoms with Crippen LogP contribution in [-0.2, 0) is 10.5 Å². The Morgan fingerprint density at radius 1 is 1.79 bits per heavy atom. The van der Waals surface area contributed by atoms with Crippen LogP contribution in [0.2, 0.25) is 0 Å². The number of carbonyl (C=O) groups is 1. The molecule has 1 rings (SSSR count). The molecule has 4 nitrogen and oxygen atoms in total. The molecule has 0 aliphatic carbocycles. The number of nitrogens with zero attached hydrogens (tertiary/aromatic N) is 1. The number of hydrogen-bond acceptors (Lipinski definition) is 4. The molecular weight excluding hydrogens is 202 g/mol. The number of thioether (sulfide) groups is 1. The highest BCUT2D eigenvalue weighted by atomic mass is 32.2. The number of rotatable bonds is 5. The van der Waals surface area contributed by atoms with E-state index in [4.69, 9.17) is 9.63 Å². The van der Waals surface area contributed by atoms with Crippen molar-refractivity contribution in [2.24, 2.45) is 5.92 Å². The van der Waals surface area contributed by atoms with Crippen molar-refractivity contribution in [2.75, 3.05) is 5.75 Å². The van der Waals surface area contributed by atoms with Gasteiger partial charge in [-0.2, -0.15) is 11.8 Å². The van der Waals surface area contributed by atoms with E-state index < -0.39 is 5.97 Å². The SMILES string of the molecule is Cc1cc(CSCC(C)C(=O)O)on1. The molecule has 0 aromatic carbocycles. The molecule has 0 bridgehead atoms. The van der Waals surface area contributed by atoms with E-state index in [1.807, 2.05) is 13.0 Å². The van der Waals surface area contributed by atoms with E-state index in [9.17, 15) is 4.79 Å². The highest BCUT2D eigenvalue weighted by Gasteiger charge is 2.11. The number of carboxylic acids is 1. The second kappa shape index (κ2) is 5.05. The summed E-state index contributed by atoms with van der Waals surface area (Å²) in [5, 5.41) is 12.4. The Labute approximate surface area is 86.7 Å². The van der Waals surface area contributed by atoms with Gasteiger partial charge in [-0.15, -0.1) is 0 Å². The van der Waals surface area contributed by atoms with Crippen LogP contribution < -0.4 is 0 Å². The summed E-state index contributed by atoms with van der Waals surface area (Å²) in [6.07, 6.45) is 0. The van der Waals surface area contributed by atoms with Gasteiger partial charge in [-0.25, -0.2) is 0 Å². The first-order valence-electron chi connectivity index (χ1n) is 4.32. The fourth-order valence-corrected chi connectivity index (χ4v) is 1.84. The largest absolute Gasteiger partial charge is 0.481 e. The third-order valence-electron chi connectivity index (χ3n) is 1.71. The second-order valence-electron chi connectivity index (χ2n) is 3.19. The average Bonchev–Trinajstić information content (AvgIpc) is 2.51. The van der Waals surface area contributed by atoms with Gasteiger partial charge in [-0.3, -0.25) is 4.79 Å². The number of aliphatic carboxylic acids is 1. The monoisotopic (exact) mass is 215 g/mol. The average molecular weight is 215 g/mol. The molecule has 1 N–H and O–H groups in total. The molecule has 1 atom stereocenters. The van der Waals surface area contributed by atoms with Crippen LogP contribution in [0.3, 0.4) is 0 Å². The lowest BCUT2D eigenvalue weighted by Crippen LogP contribution is -2.11. The Morgan fingerprint density at radius 2 is 2.50 bits per heavy atom. The quantitative estimate of drug-likeness (QED) is 0.813. The van der Waals surface area contributed by atoms with Gasteiger partial charge >= 0.3 is 5.97 Å². The van der Waals surface area contributed by atoms with E-state index in [0.29, 0.717) is 11.5 Å². The van der Waals surface area contributed by atoms with E-state index in [0.717, 1.165) is 11.5 Å². The van der Waals surface area contributed by atoms with Gasteiger partial charge in [0.2, 0.25) is 0 Å². The van der Waals surface area contributed by atoms with E-state index in [1.54, 1.807) is 18.7 Å². The lowest BCUT2D eigenvalue weighted by Gasteiger charge is -2.03. The predicted octanol–water partition coefficient (Wildman–Crippen LogP) is 1.94. The first-order chi connectivity index (χ1) is 6.59. The van der Waals surface area contributed by atoms with Crippen LogP contribution in [0.5, 0.6) is 0 Å². The molecule has 0 saturated heterocycles. The second-order valence-corrected chi connectivity index (χ2v) is 4.22. The Morgan fingerprint density at radius 3 is 3.00 bits per heavy atom. The number of hydrogen-bond donors (Lipinski definition) is 1. The van der Waals surface area contributed by atoms with Gasteiger partial charge < -0.3 is 9.63 Å². The minimum Gasteiger partial charge on any atom is -0.481 e. The summed E-state index contributed by atoms with van der Waals surface area (Å²) in [6.45, 7) is 3.55. The third-order valence-corrected chi connectivity index (χ3v) is 2.93. The standard InChI is InChI=1S/C9H13NO3S/c1-6(9(11)12)4-14-5-8-3-7(2)10-13-8/h3,6H,4-5H2,1-2H3,(H,11,12). The van der Waals surface area contributed by atoms with Crippen LogP contribution in [-0.4, -0.2) is 22.0 Å². The number of aromatic nitrogens is 1. The van der Waals surface area contributed by atoms with Crippen LogP contribution in [0.15, 0.2) is 10.6 Å². The molecule has 0 amide bonds. The van der Waals surface area contributed by atoms with Gasteiger partial charge in [0.25, 0.3) is 0 Å². The van der Waals surface area contributed by atoms with Gasteiger partial charge in [-0.05, 0) is 6.92 Å². The van der Waals surface area contributed by atoms with Crippen LogP contribution in [0.1, 0.15) is 18.4 Å². The molecule has 1 aromatic heterocycles. The summed E-state index contributed by atoms with van der Waals surface area (Å²) in [7, 11) is 0. The van der Waals surface area contributed by atoms with E-state index in [-0.39, 0.29) is 5.92 Å². The van der Waals surface area contributed by atoms with Crippen LogP contribution in [0.25, 0.3) is 0 Å². The normalized spacial score (nSPS) is 12.7. The van der Waals surface area contributed by atoms with Crippen LogP contribution in [0, 0.1) is 12.8 Å². The molecule has 14 heavy (non-hydrogen) atoms. The molecule has 1 unspecified atom stereocenters. The smallest absolute Gasteiger partial charge is 0.307 e. The zero-order valence-electron chi connectivity index (χ0n) is 8.19. The van der Waals surface area contributed by atoms with Gasteiger partial charge in [0, 0.05) is 11.8 Å². The molecule has 0 fully saturated rings. The van der Waals surface area contributed by atoms with Gasteiger partial charge in [-0.1, -0.05) is 12.1 Å². The summed E-state index contributed by atoms with van der Waals surface area (Å²) in [5.41, 5.74) is 0.854. The molecule has 1 heterocycles. The lowest BCUT2D eigenvalue weighted by molar-refractivity contribution is -0.140. The molecule has 0 spiro atoms. The Balaban J connectivity index is 2.25. The highest BCUT2D eigenvalue weighted by molar-refractivity contribution is 7.98. The number of aryl methyl sites for hydroxylation is 1. The fraction of sp³-hybridized carbons (Fsp3) is 0.556. The van der Waals surface area contributed by atoms with Crippen molar-refractivity contribution >= 4 is 17.7 Å². The fourth-order valence-electron chi connectivity index (χ4n) is 0.892. The zero-order chi connectivity index (χ0) is 10.6. The first-order valence-corrected chi connectivity index (χ1v) is 5.48. The van der Waals surface area contributed by atoms with E-state index in [2.05, 4.69) is 5.16 Å². The maximum atomic E-state index is 10.5. The molecular formula is C9H13NO3S. The predicted molar refractivity (Wildman–Crippen MR) is 54.2 cm³/mol. The summed E-state index contributed by atoms with van der Waals surface area (Å²) in [6, 6.07) is 1.86. The highest BCUT2D eigenvalue weighted by Crippen LogP contribution is 2.16. The lowest BCUT2D eigenvalue weighted by atomic mass is 10.2. The minimum absolute atomic E-state index is 0.316. The molecule has 0 radical (unpaired) electrons. The van der Waals surface area contributed by atoms with Gasteiger partial charge in [0.15, 0.2) is 0 Å². The Kier molecular flexibility index (Phi) is 4.00. The van der Waals surface area contributed by atoms with E-state index >= 15 is 0 Å². The first kappa shape index (κ1) is 11.1. The van der Waals surface area contributed by atoms with E-state index in [1.165, 1.54) is 0 Å². The molecule has 5 heteroatoms. The molecule has 78 valence electrons. The molecule has 0 saturated carbocycles. The van der Waals surface area contributed by atoms with Gasteiger partial charge in [0.05, 0.1) is 17.4 Å². The van der Waals surface area contributed by atoms with Crippen molar-refractivity contribution in [2.45, 2.75) is 19.6 Å². The summed E-state index contributed by atoms with van der Waals surface area (Å²) >= 11 is 1.54. The molecule has 0 aliphatic heterocycles. The van der Waals surface area contributed by atoms with Gasteiger partial charge in [0.1, 0.15) is 5.76 Å². The maximum absolute atomic E-state index is 10.5. The number of carboxylic acid groups (broad SMARTS) is 1. The van der Waals surface area contributed by atoms with Crippen LogP contribution >= 0.6 is 11.8 Å². The minimum atomic E-state index is -0.758. The third kappa shape index (κ3) is 3.41. The zero-order valence-corrected chi connectivity index (χ0v) is 9.00. The molecule has 0 aliphatic rings. The topological polar surface area (TPSA) is 63.3 Å². The van der Waals surface area contributed by atoms with Crippen molar-refractivity contribution in [1.82, 2.24) is 5.16 Å². The molecule has 1 aromatic rings. The van der Waals surface area contributed by atoms with Crippen molar-refractivity contribution in [3.63, 3.8) is 0 Å².